The van der Waals surface area contributed by atoms with E-state index in [2.05, 4.69) is 25.6 Å². The highest BCUT2D eigenvalue weighted by molar-refractivity contribution is 5.60. The van der Waals surface area contributed by atoms with Gasteiger partial charge in [-0.3, -0.25) is 0 Å². The molecule has 1 aliphatic heterocycles. The number of halogens is 4. The summed E-state index contributed by atoms with van der Waals surface area (Å²) in [6.07, 6.45) is -4.47. The van der Waals surface area contributed by atoms with Crippen LogP contribution in [0.3, 0.4) is 0 Å². The molecule has 0 amide bonds. The molecule has 0 aliphatic carbocycles. The molecule has 2 N–H and O–H groups in total. The molecule has 11 heteroatoms. The van der Waals surface area contributed by atoms with Crippen molar-refractivity contribution in [2.75, 3.05) is 41.8 Å². The van der Waals surface area contributed by atoms with E-state index in [-0.39, 0.29) is 23.4 Å². The predicted octanol–water partition coefficient (Wildman–Crippen LogP) is 4.35. The van der Waals surface area contributed by atoms with Crippen molar-refractivity contribution in [3.8, 4) is 0 Å². The number of ether oxygens (including phenoxy) is 1. The first-order valence-electron chi connectivity index (χ1n) is 9.42. The minimum atomic E-state index is -4.47. The Morgan fingerprint density at radius 2 is 1.48 bits per heavy atom. The summed E-state index contributed by atoms with van der Waals surface area (Å²) in [4.78, 5) is 14.9. The molecule has 1 fully saturated rings. The third-order valence-electron chi connectivity index (χ3n) is 4.46. The Morgan fingerprint density at radius 1 is 0.839 bits per heavy atom. The third-order valence-corrected chi connectivity index (χ3v) is 4.46. The van der Waals surface area contributed by atoms with Gasteiger partial charge in [0.1, 0.15) is 5.82 Å². The third kappa shape index (κ3) is 5.37. The van der Waals surface area contributed by atoms with Crippen LogP contribution in [0.5, 0.6) is 0 Å². The lowest BCUT2D eigenvalue weighted by molar-refractivity contribution is -0.137. The molecule has 7 nitrogen and oxygen atoms in total. The monoisotopic (exact) mass is 434 g/mol. The van der Waals surface area contributed by atoms with Crippen molar-refractivity contribution >= 4 is 29.2 Å². The summed E-state index contributed by atoms with van der Waals surface area (Å²) in [5.74, 6) is 0.192. The van der Waals surface area contributed by atoms with Crippen molar-refractivity contribution < 1.29 is 22.3 Å². The van der Waals surface area contributed by atoms with Gasteiger partial charge < -0.3 is 20.3 Å². The Kier molecular flexibility index (Phi) is 5.85. The van der Waals surface area contributed by atoms with E-state index in [4.69, 9.17) is 4.74 Å². The summed E-state index contributed by atoms with van der Waals surface area (Å²) in [6.45, 7) is 2.12. The zero-order valence-corrected chi connectivity index (χ0v) is 16.2. The van der Waals surface area contributed by atoms with Gasteiger partial charge in [0.25, 0.3) is 0 Å². The molecule has 2 aromatic carbocycles. The summed E-state index contributed by atoms with van der Waals surface area (Å²) in [6, 6.07) is 10.4. The average molecular weight is 434 g/mol. The van der Waals surface area contributed by atoms with Gasteiger partial charge in [-0.2, -0.15) is 28.1 Å². The van der Waals surface area contributed by atoms with Crippen molar-refractivity contribution in [2.24, 2.45) is 0 Å². The maximum Gasteiger partial charge on any atom is 0.416 e. The molecule has 0 atom stereocenters. The quantitative estimate of drug-likeness (QED) is 0.578. The second-order valence-electron chi connectivity index (χ2n) is 6.72. The molecule has 1 aromatic heterocycles. The molecule has 0 bridgehead atoms. The van der Waals surface area contributed by atoms with Crippen LogP contribution >= 0.6 is 0 Å². The van der Waals surface area contributed by atoms with Gasteiger partial charge in [-0.05, 0) is 42.5 Å². The van der Waals surface area contributed by atoms with Gasteiger partial charge in [-0.15, -0.1) is 0 Å². The maximum atomic E-state index is 13.2. The van der Waals surface area contributed by atoms with Crippen LogP contribution in [0.15, 0.2) is 48.5 Å². The largest absolute Gasteiger partial charge is 0.416 e. The zero-order valence-electron chi connectivity index (χ0n) is 16.2. The van der Waals surface area contributed by atoms with E-state index in [1.165, 1.54) is 36.4 Å². The Hall–Kier alpha value is -3.47. The number of nitrogens with one attached hydrogen (secondary N) is 2. The lowest BCUT2D eigenvalue weighted by Crippen LogP contribution is -2.37. The standard InChI is InChI=1S/C20H18F4N6O/c21-14-4-6-15(7-5-14)25-17-27-18(29-19(28-17)30-8-10-31-11-9-30)26-16-3-1-2-13(12-16)20(22,23)24/h1-7,12H,8-11H2,(H2,25,26,27,28,29). The average Bonchev–Trinajstić information content (AvgIpc) is 2.75. The Labute approximate surface area is 175 Å². The molecule has 1 saturated heterocycles. The molecular weight excluding hydrogens is 416 g/mol. The van der Waals surface area contributed by atoms with Crippen molar-refractivity contribution in [3.63, 3.8) is 0 Å². The van der Waals surface area contributed by atoms with Gasteiger partial charge in [0.2, 0.25) is 17.8 Å². The van der Waals surface area contributed by atoms with Crippen LogP contribution in [-0.2, 0) is 10.9 Å². The second kappa shape index (κ2) is 8.72. The minimum Gasteiger partial charge on any atom is -0.378 e. The molecule has 162 valence electrons. The number of rotatable bonds is 5. The Balaban J connectivity index is 1.64. The molecule has 2 heterocycles. The van der Waals surface area contributed by atoms with Crippen molar-refractivity contribution in [1.29, 1.82) is 0 Å². The van der Waals surface area contributed by atoms with E-state index in [0.29, 0.717) is 37.9 Å². The number of hydrogen-bond donors (Lipinski definition) is 2. The van der Waals surface area contributed by atoms with E-state index < -0.39 is 11.7 Å². The maximum absolute atomic E-state index is 13.2. The number of hydrogen-bond acceptors (Lipinski definition) is 7. The van der Waals surface area contributed by atoms with E-state index in [9.17, 15) is 17.6 Å². The second-order valence-corrected chi connectivity index (χ2v) is 6.72. The lowest BCUT2D eigenvalue weighted by Gasteiger charge is -2.27. The van der Waals surface area contributed by atoms with Crippen LogP contribution in [0.25, 0.3) is 0 Å². The van der Waals surface area contributed by atoms with Crippen LogP contribution in [0.2, 0.25) is 0 Å². The zero-order chi connectivity index (χ0) is 21.8. The van der Waals surface area contributed by atoms with Gasteiger partial charge in [-0.1, -0.05) is 6.07 Å². The Bertz CT molecular complexity index is 1040. The van der Waals surface area contributed by atoms with Gasteiger partial charge in [-0.25, -0.2) is 4.39 Å². The van der Waals surface area contributed by atoms with Crippen LogP contribution in [-0.4, -0.2) is 41.3 Å². The summed E-state index contributed by atoms with van der Waals surface area (Å²) in [5.41, 5.74) is -0.0585. The van der Waals surface area contributed by atoms with E-state index >= 15 is 0 Å². The summed E-state index contributed by atoms with van der Waals surface area (Å²) in [5, 5.41) is 5.78. The molecule has 1 aliphatic rings. The van der Waals surface area contributed by atoms with Crippen LogP contribution in [0, 0.1) is 5.82 Å². The first-order valence-corrected chi connectivity index (χ1v) is 9.42. The number of benzene rings is 2. The highest BCUT2D eigenvalue weighted by atomic mass is 19.4. The normalized spacial score (nSPS) is 14.4. The fraction of sp³-hybridized carbons (Fsp3) is 0.250. The molecule has 0 radical (unpaired) electrons. The number of alkyl halides is 3. The number of anilines is 5. The molecule has 4 rings (SSSR count). The molecule has 3 aromatic rings. The van der Waals surface area contributed by atoms with Crippen LogP contribution < -0.4 is 15.5 Å². The highest BCUT2D eigenvalue weighted by Gasteiger charge is 2.30. The fourth-order valence-corrected chi connectivity index (χ4v) is 2.95. The topological polar surface area (TPSA) is 75.2 Å². The first kappa shape index (κ1) is 20.8. The first-order chi connectivity index (χ1) is 14.9. The Morgan fingerprint density at radius 3 is 2.13 bits per heavy atom. The minimum absolute atomic E-state index is 0.0698. The molecule has 0 unspecified atom stereocenters. The van der Waals surface area contributed by atoms with Gasteiger partial charge >= 0.3 is 6.18 Å². The predicted molar refractivity (Wildman–Crippen MR) is 107 cm³/mol. The lowest BCUT2D eigenvalue weighted by atomic mass is 10.2. The van der Waals surface area contributed by atoms with Crippen LogP contribution in [0.4, 0.5) is 46.8 Å². The highest BCUT2D eigenvalue weighted by Crippen LogP contribution is 2.31. The summed E-state index contributed by atoms with van der Waals surface area (Å²) >= 11 is 0. The molecular formula is C20H18F4N6O. The fourth-order valence-electron chi connectivity index (χ4n) is 2.95. The van der Waals surface area contributed by atoms with Crippen molar-refractivity contribution in [3.05, 3.63) is 59.9 Å². The molecule has 0 saturated carbocycles. The SMILES string of the molecule is Fc1ccc(Nc2nc(Nc3cccc(C(F)(F)F)c3)nc(N3CCOCC3)n2)cc1. The van der Waals surface area contributed by atoms with E-state index in [0.717, 1.165) is 12.1 Å². The number of aromatic nitrogens is 3. The van der Waals surface area contributed by atoms with Gasteiger partial charge in [0, 0.05) is 24.5 Å². The number of morpholine rings is 1. The smallest absolute Gasteiger partial charge is 0.378 e. The van der Waals surface area contributed by atoms with E-state index in [1.807, 2.05) is 4.90 Å². The van der Waals surface area contributed by atoms with E-state index in [1.54, 1.807) is 0 Å². The van der Waals surface area contributed by atoms with Gasteiger partial charge in [0.05, 0.1) is 18.8 Å². The molecule has 31 heavy (non-hydrogen) atoms. The molecule has 0 spiro atoms. The van der Waals surface area contributed by atoms with Crippen LogP contribution in [0.1, 0.15) is 5.56 Å². The number of nitrogens with zero attached hydrogens (tertiary/aromatic N) is 4. The summed E-state index contributed by atoms with van der Waals surface area (Å²) < 4.78 is 57.6. The van der Waals surface area contributed by atoms with Crippen molar-refractivity contribution in [2.45, 2.75) is 6.18 Å². The summed E-state index contributed by atoms with van der Waals surface area (Å²) in [7, 11) is 0. The van der Waals surface area contributed by atoms with Gasteiger partial charge in [0.15, 0.2) is 0 Å². The van der Waals surface area contributed by atoms with Crippen molar-refractivity contribution in [1.82, 2.24) is 15.0 Å².